The Kier molecular flexibility index (Phi) is 1.99. The minimum Gasteiger partial charge on any atom is -0.121 e. The second kappa shape index (κ2) is 2.57. The van der Waals surface area contributed by atoms with Gasteiger partial charge in [0, 0.05) is 29.1 Å². The number of nitrogens with zero attached hydrogens (tertiary/aromatic N) is 3. The molecule has 0 aromatic carbocycles. The largest absolute Gasteiger partial charge is 0.161 e. The highest BCUT2D eigenvalue weighted by molar-refractivity contribution is 8.00. The number of halogens is 2. The standard InChI is InChI=1S/C2HCl2N3S/c3-2-1-8-7(4)6-5-2/h1H. The van der Waals surface area contributed by atoms with Gasteiger partial charge in [0.15, 0.2) is 5.16 Å². The summed E-state index contributed by atoms with van der Waals surface area (Å²) in [7, 11) is 0. The van der Waals surface area contributed by atoms with Gasteiger partial charge in [-0.15, -0.1) is 9.05 Å². The molecule has 0 saturated heterocycles. The van der Waals surface area contributed by atoms with E-state index < -0.39 is 0 Å². The van der Waals surface area contributed by atoms with E-state index in [4.69, 9.17) is 23.4 Å². The van der Waals surface area contributed by atoms with Crippen LogP contribution in [0.25, 0.3) is 0 Å². The highest BCUT2D eigenvalue weighted by atomic mass is 35.5. The second-order valence-corrected chi connectivity index (χ2v) is 2.66. The minimum atomic E-state index is 0.354. The van der Waals surface area contributed by atoms with Gasteiger partial charge in [0.25, 0.3) is 0 Å². The van der Waals surface area contributed by atoms with Gasteiger partial charge in [0.05, 0.1) is 0 Å². The molecule has 0 amide bonds. The first-order valence-electron chi connectivity index (χ1n) is 1.69. The van der Waals surface area contributed by atoms with Crippen LogP contribution in [-0.4, -0.2) is 3.93 Å². The van der Waals surface area contributed by atoms with Crippen molar-refractivity contribution in [3.63, 3.8) is 0 Å². The summed E-state index contributed by atoms with van der Waals surface area (Å²) < 4.78 is 1.09. The number of hydrogen-bond donors (Lipinski definition) is 0. The van der Waals surface area contributed by atoms with Crippen molar-refractivity contribution in [3.05, 3.63) is 10.6 Å². The van der Waals surface area contributed by atoms with Crippen LogP contribution in [0.4, 0.5) is 0 Å². The summed E-state index contributed by atoms with van der Waals surface area (Å²) in [5.74, 6) is 0. The first kappa shape index (κ1) is 6.19. The van der Waals surface area contributed by atoms with E-state index in [1.807, 2.05) is 0 Å². The molecule has 0 N–H and O–H groups in total. The van der Waals surface area contributed by atoms with E-state index in [0.29, 0.717) is 5.16 Å². The average Bonchev–Trinajstić information content (AvgIpc) is 1.77. The lowest BCUT2D eigenvalue weighted by atomic mass is 11.1. The fourth-order valence-electron chi connectivity index (χ4n) is 0.210. The van der Waals surface area contributed by atoms with Gasteiger partial charge in [-0.25, -0.2) is 0 Å². The van der Waals surface area contributed by atoms with Gasteiger partial charge in [-0.1, -0.05) is 11.6 Å². The summed E-state index contributed by atoms with van der Waals surface area (Å²) in [6, 6.07) is 0. The first-order chi connectivity index (χ1) is 3.79. The van der Waals surface area contributed by atoms with Crippen LogP contribution in [0.2, 0.25) is 0 Å². The zero-order valence-corrected chi connectivity index (χ0v) is 5.91. The smallest absolute Gasteiger partial charge is 0.121 e. The second-order valence-electron chi connectivity index (χ2n) is 0.962. The summed E-state index contributed by atoms with van der Waals surface area (Å²) in [5.41, 5.74) is 0. The predicted molar refractivity (Wildman–Crippen MR) is 34.1 cm³/mol. The van der Waals surface area contributed by atoms with E-state index in [-0.39, 0.29) is 0 Å². The molecule has 1 aliphatic heterocycles. The molecule has 1 heterocycles. The van der Waals surface area contributed by atoms with Gasteiger partial charge in [-0.05, 0) is 5.22 Å². The lowest BCUT2D eigenvalue weighted by molar-refractivity contribution is 0.720. The van der Waals surface area contributed by atoms with Crippen LogP contribution in [0.15, 0.2) is 20.9 Å². The molecule has 44 valence electrons. The molecule has 0 radical (unpaired) electrons. The lowest BCUT2D eigenvalue weighted by Crippen LogP contribution is -1.89. The summed E-state index contributed by atoms with van der Waals surface area (Å²) >= 11 is 11.9. The van der Waals surface area contributed by atoms with Crippen LogP contribution < -0.4 is 0 Å². The summed E-state index contributed by atoms with van der Waals surface area (Å²) in [6.45, 7) is 0. The molecule has 8 heavy (non-hydrogen) atoms. The highest BCUT2D eigenvalue weighted by Crippen LogP contribution is 2.24. The van der Waals surface area contributed by atoms with Crippen LogP contribution in [0.3, 0.4) is 0 Å². The molecule has 1 aliphatic rings. The van der Waals surface area contributed by atoms with Crippen LogP contribution >= 0.6 is 35.3 Å². The molecule has 3 nitrogen and oxygen atoms in total. The van der Waals surface area contributed by atoms with E-state index in [1.165, 1.54) is 11.9 Å². The fourth-order valence-corrected chi connectivity index (χ4v) is 0.816. The Labute approximate surface area is 60.6 Å². The molecule has 0 bridgehead atoms. The molecule has 1 rings (SSSR count). The van der Waals surface area contributed by atoms with E-state index in [1.54, 1.807) is 5.41 Å². The zero-order valence-electron chi connectivity index (χ0n) is 3.58. The van der Waals surface area contributed by atoms with Gasteiger partial charge in [0.1, 0.15) is 0 Å². The maximum atomic E-state index is 5.38. The predicted octanol–water partition coefficient (Wildman–Crippen LogP) is 2.51. The van der Waals surface area contributed by atoms with Crippen molar-refractivity contribution < 1.29 is 0 Å². The van der Waals surface area contributed by atoms with Crippen LogP contribution in [0.1, 0.15) is 0 Å². The third kappa shape index (κ3) is 1.54. The quantitative estimate of drug-likeness (QED) is 0.317. The van der Waals surface area contributed by atoms with Crippen LogP contribution in [-0.2, 0) is 0 Å². The van der Waals surface area contributed by atoms with Gasteiger partial charge in [-0.2, -0.15) is 0 Å². The monoisotopic (exact) mass is 169 g/mol. The van der Waals surface area contributed by atoms with Gasteiger partial charge < -0.3 is 0 Å². The molecular formula is C2HCl2N3S. The highest BCUT2D eigenvalue weighted by Gasteiger charge is 2.01. The van der Waals surface area contributed by atoms with Crippen LogP contribution in [0, 0.1) is 0 Å². The van der Waals surface area contributed by atoms with Crippen molar-refractivity contribution >= 4 is 35.3 Å². The molecule has 0 aromatic rings. The molecule has 0 aliphatic carbocycles. The third-order valence-corrected chi connectivity index (χ3v) is 1.64. The zero-order chi connectivity index (χ0) is 5.98. The third-order valence-electron chi connectivity index (χ3n) is 0.448. The summed E-state index contributed by atoms with van der Waals surface area (Å²) in [5, 5.41) is 8.77. The Hall–Kier alpha value is 0.0700. The van der Waals surface area contributed by atoms with Crippen molar-refractivity contribution in [2.45, 2.75) is 0 Å². The summed E-state index contributed by atoms with van der Waals surface area (Å²) in [6.07, 6.45) is 0. The van der Waals surface area contributed by atoms with Gasteiger partial charge in [-0.3, -0.25) is 0 Å². The summed E-state index contributed by atoms with van der Waals surface area (Å²) in [4.78, 5) is 0. The van der Waals surface area contributed by atoms with E-state index in [9.17, 15) is 0 Å². The van der Waals surface area contributed by atoms with E-state index >= 15 is 0 Å². The topological polar surface area (TPSA) is 28.0 Å². The molecule has 0 fully saturated rings. The van der Waals surface area contributed by atoms with Crippen molar-refractivity contribution in [3.8, 4) is 0 Å². The number of rotatable bonds is 0. The van der Waals surface area contributed by atoms with Crippen LogP contribution in [0.5, 0.6) is 0 Å². The Balaban J connectivity index is 2.58. The lowest BCUT2D eigenvalue weighted by Gasteiger charge is -2.04. The molecular weight excluding hydrogens is 169 g/mol. The van der Waals surface area contributed by atoms with Gasteiger partial charge in [0.2, 0.25) is 0 Å². The van der Waals surface area contributed by atoms with Crippen molar-refractivity contribution in [2.24, 2.45) is 10.3 Å². The normalized spacial score (nSPS) is 18.8. The Morgan fingerprint density at radius 3 is 2.88 bits per heavy atom. The Morgan fingerprint density at radius 1 is 1.75 bits per heavy atom. The average molecular weight is 170 g/mol. The maximum Gasteiger partial charge on any atom is 0.161 e. The van der Waals surface area contributed by atoms with Crippen molar-refractivity contribution in [2.75, 3.05) is 0 Å². The van der Waals surface area contributed by atoms with Gasteiger partial charge >= 0.3 is 0 Å². The van der Waals surface area contributed by atoms with E-state index in [2.05, 4.69) is 10.3 Å². The van der Waals surface area contributed by atoms with Crippen molar-refractivity contribution in [1.29, 1.82) is 0 Å². The minimum absolute atomic E-state index is 0.354. The first-order valence-corrected chi connectivity index (χ1v) is 3.24. The Morgan fingerprint density at radius 2 is 2.50 bits per heavy atom. The molecule has 0 atom stereocenters. The molecule has 0 unspecified atom stereocenters. The molecule has 0 aromatic heterocycles. The fraction of sp³-hybridized carbons (Fsp3) is 0. The molecule has 0 spiro atoms. The van der Waals surface area contributed by atoms with E-state index in [0.717, 1.165) is 3.93 Å². The Bertz CT molecular complexity index is 144. The SMILES string of the molecule is ClC1=CSN(Cl)N=N1. The maximum absolute atomic E-state index is 5.38. The number of hydrogen-bond acceptors (Lipinski definition) is 4. The molecule has 6 heteroatoms. The molecule has 0 saturated carbocycles. The van der Waals surface area contributed by atoms with Crippen molar-refractivity contribution in [1.82, 2.24) is 3.93 Å².